The molecule has 0 saturated carbocycles. The molecule has 0 atom stereocenters. The summed E-state index contributed by atoms with van der Waals surface area (Å²) in [6, 6.07) is 8.60. The van der Waals surface area contributed by atoms with Crippen molar-refractivity contribution >= 4 is 12.0 Å². The van der Waals surface area contributed by atoms with Gasteiger partial charge in [0.05, 0.1) is 6.61 Å². The number of esters is 1. The maximum absolute atomic E-state index is 13.4. The van der Waals surface area contributed by atoms with Gasteiger partial charge in [-0.15, -0.1) is 0 Å². The van der Waals surface area contributed by atoms with Crippen LogP contribution in [0.4, 0.5) is 8.78 Å². The Morgan fingerprint density at radius 2 is 2.00 bits per heavy atom. The largest absolute Gasteiger partial charge is 0.461 e. The van der Waals surface area contributed by atoms with E-state index < -0.39 is 11.9 Å². The lowest BCUT2D eigenvalue weighted by molar-refractivity contribution is -0.165. The van der Waals surface area contributed by atoms with E-state index in [9.17, 15) is 13.6 Å². The average molecular weight is 254 g/mol. The van der Waals surface area contributed by atoms with Gasteiger partial charge in [-0.25, -0.2) is 4.79 Å². The molecular weight excluding hydrogens is 238 g/mol. The van der Waals surface area contributed by atoms with Crippen LogP contribution < -0.4 is 0 Å². The second-order valence-corrected chi connectivity index (χ2v) is 3.86. The van der Waals surface area contributed by atoms with Crippen LogP contribution in [-0.4, -0.2) is 18.5 Å². The monoisotopic (exact) mass is 254 g/mol. The van der Waals surface area contributed by atoms with Crippen LogP contribution in [0.25, 0.3) is 6.08 Å². The second kappa shape index (κ2) is 6.89. The van der Waals surface area contributed by atoms with E-state index in [-0.39, 0.29) is 6.61 Å². The lowest BCUT2D eigenvalue weighted by Crippen LogP contribution is -2.28. The molecule has 0 aromatic heterocycles. The van der Waals surface area contributed by atoms with E-state index in [1.54, 1.807) is 30.3 Å². The topological polar surface area (TPSA) is 26.3 Å². The number of rotatable bonds is 6. The maximum atomic E-state index is 13.4. The molecule has 98 valence electrons. The molecule has 0 spiro atoms. The minimum Gasteiger partial charge on any atom is -0.461 e. The third kappa shape index (κ3) is 4.65. The van der Waals surface area contributed by atoms with Gasteiger partial charge in [0.2, 0.25) is 0 Å². The number of carbonyl (C=O) groups is 1. The van der Waals surface area contributed by atoms with Crippen molar-refractivity contribution in [2.24, 2.45) is 0 Å². The van der Waals surface area contributed by atoms with Gasteiger partial charge in [-0.3, -0.25) is 0 Å². The fourth-order valence-corrected chi connectivity index (χ4v) is 1.24. The summed E-state index contributed by atoms with van der Waals surface area (Å²) in [6.07, 6.45) is 3.15. The first-order valence-corrected chi connectivity index (χ1v) is 5.85. The van der Waals surface area contributed by atoms with Crippen molar-refractivity contribution in [3.8, 4) is 0 Å². The van der Waals surface area contributed by atoms with Gasteiger partial charge in [0.25, 0.3) is 0 Å². The highest BCUT2D eigenvalue weighted by atomic mass is 19.3. The number of carbonyl (C=O) groups excluding carboxylic acids is 1. The third-order valence-electron chi connectivity index (χ3n) is 2.29. The lowest BCUT2D eigenvalue weighted by atomic mass is 10.2. The Morgan fingerprint density at radius 3 is 2.61 bits per heavy atom. The van der Waals surface area contributed by atoms with E-state index in [0.717, 1.165) is 6.42 Å². The van der Waals surface area contributed by atoms with Gasteiger partial charge in [0, 0.05) is 0 Å². The van der Waals surface area contributed by atoms with Gasteiger partial charge < -0.3 is 4.74 Å². The van der Waals surface area contributed by atoms with Crippen molar-refractivity contribution in [2.45, 2.75) is 25.7 Å². The molecular formula is C14H16F2O2. The summed E-state index contributed by atoms with van der Waals surface area (Å²) < 4.78 is 31.2. The van der Waals surface area contributed by atoms with Crippen LogP contribution in [0, 0.1) is 0 Å². The molecule has 0 aliphatic rings. The normalized spacial score (nSPS) is 11.7. The quantitative estimate of drug-likeness (QED) is 0.572. The summed E-state index contributed by atoms with van der Waals surface area (Å²) in [6.45, 7) is 1.92. The first kappa shape index (κ1) is 14.4. The summed E-state index contributed by atoms with van der Waals surface area (Å²) in [5, 5.41) is 0. The number of hydrogen-bond donors (Lipinski definition) is 0. The number of unbranched alkanes of at least 4 members (excludes halogenated alkanes) is 1. The van der Waals surface area contributed by atoms with Crippen LogP contribution in [0.1, 0.15) is 25.3 Å². The van der Waals surface area contributed by atoms with Gasteiger partial charge in [-0.05, 0) is 18.1 Å². The minimum absolute atomic E-state index is 0.0318. The lowest BCUT2D eigenvalue weighted by Gasteiger charge is -2.10. The molecule has 0 heterocycles. The Labute approximate surface area is 105 Å². The van der Waals surface area contributed by atoms with Gasteiger partial charge in [-0.1, -0.05) is 49.8 Å². The van der Waals surface area contributed by atoms with E-state index in [1.807, 2.05) is 6.92 Å². The van der Waals surface area contributed by atoms with E-state index in [2.05, 4.69) is 4.74 Å². The number of hydrogen-bond acceptors (Lipinski definition) is 2. The Balaban J connectivity index is 2.58. The molecule has 0 radical (unpaired) electrons. The predicted molar refractivity (Wildman–Crippen MR) is 66.3 cm³/mol. The summed E-state index contributed by atoms with van der Waals surface area (Å²) in [7, 11) is 0. The van der Waals surface area contributed by atoms with Gasteiger partial charge in [-0.2, -0.15) is 8.78 Å². The van der Waals surface area contributed by atoms with Crippen molar-refractivity contribution in [1.29, 1.82) is 0 Å². The average Bonchev–Trinajstić information content (AvgIpc) is 2.38. The molecule has 2 nitrogen and oxygen atoms in total. The molecule has 18 heavy (non-hydrogen) atoms. The standard InChI is InChI=1S/C14H16F2O2/c1-2-3-11-18-13(17)14(15,16)10-9-12-7-5-4-6-8-12/h4-10H,2-3,11H2,1H3/b10-9+. The number of ether oxygens (including phenoxy) is 1. The fourth-order valence-electron chi connectivity index (χ4n) is 1.24. The highest BCUT2D eigenvalue weighted by molar-refractivity contribution is 5.81. The summed E-state index contributed by atoms with van der Waals surface area (Å²) in [5.74, 6) is -5.08. The molecule has 0 fully saturated rings. The van der Waals surface area contributed by atoms with Crippen molar-refractivity contribution in [3.63, 3.8) is 0 Å². The van der Waals surface area contributed by atoms with E-state index >= 15 is 0 Å². The number of alkyl halides is 2. The fraction of sp³-hybridized carbons (Fsp3) is 0.357. The first-order chi connectivity index (χ1) is 8.56. The third-order valence-corrected chi connectivity index (χ3v) is 2.29. The van der Waals surface area contributed by atoms with Crippen LogP contribution in [0.15, 0.2) is 36.4 Å². The van der Waals surface area contributed by atoms with E-state index in [1.165, 1.54) is 6.08 Å². The SMILES string of the molecule is CCCCOC(=O)C(F)(F)/C=C/c1ccccc1. The highest BCUT2D eigenvalue weighted by Gasteiger charge is 2.37. The zero-order valence-electron chi connectivity index (χ0n) is 10.2. The van der Waals surface area contributed by atoms with Crippen LogP contribution in [-0.2, 0) is 9.53 Å². The first-order valence-electron chi connectivity index (χ1n) is 5.85. The van der Waals surface area contributed by atoms with Gasteiger partial charge in [0.15, 0.2) is 0 Å². The Bertz CT molecular complexity index is 400. The van der Waals surface area contributed by atoms with Crippen LogP contribution in [0.3, 0.4) is 0 Å². The van der Waals surface area contributed by atoms with Crippen molar-refractivity contribution in [1.82, 2.24) is 0 Å². The summed E-state index contributed by atoms with van der Waals surface area (Å²) in [5.41, 5.74) is 0.610. The van der Waals surface area contributed by atoms with Crippen LogP contribution >= 0.6 is 0 Å². The van der Waals surface area contributed by atoms with Crippen molar-refractivity contribution in [2.75, 3.05) is 6.61 Å². The van der Waals surface area contributed by atoms with E-state index in [0.29, 0.717) is 18.1 Å². The molecule has 0 bridgehead atoms. The molecule has 0 amide bonds. The maximum Gasteiger partial charge on any atom is 0.381 e. The molecule has 1 rings (SSSR count). The van der Waals surface area contributed by atoms with Crippen LogP contribution in [0.5, 0.6) is 0 Å². The molecule has 0 aliphatic heterocycles. The molecule has 4 heteroatoms. The van der Waals surface area contributed by atoms with Gasteiger partial charge >= 0.3 is 11.9 Å². The Kier molecular flexibility index (Phi) is 5.49. The zero-order valence-corrected chi connectivity index (χ0v) is 10.2. The highest BCUT2D eigenvalue weighted by Crippen LogP contribution is 2.19. The number of halogens is 2. The number of benzene rings is 1. The smallest absolute Gasteiger partial charge is 0.381 e. The second-order valence-electron chi connectivity index (χ2n) is 3.86. The molecule has 1 aromatic carbocycles. The van der Waals surface area contributed by atoms with Crippen molar-refractivity contribution in [3.05, 3.63) is 42.0 Å². The van der Waals surface area contributed by atoms with Gasteiger partial charge in [0.1, 0.15) is 0 Å². The van der Waals surface area contributed by atoms with Crippen molar-refractivity contribution < 1.29 is 18.3 Å². The summed E-state index contributed by atoms with van der Waals surface area (Å²) in [4.78, 5) is 11.1. The molecule has 0 saturated heterocycles. The van der Waals surface area contributed by atoms with Crippen LogP contribution in [0.2, 0.25) is 0 Å². The minimum atomic E-state index is -3.58. The molecule has 0 aliphatic carbocycles. The predicted octanol–water partition coefficient (Wildman–Crippen LogP) is 3.68. The molecule has 0 unspecified atom stereocenters. The summed E-state index contributed by atoms with van der Waals surface area (Å²) >= 11 is 0. The Hall–Kier alpha value is -1.71. The molecule has 1 aromatic rings. The van der Waals surface area contributed by atoms with E-state index in [4.69, 9.17) is 0 Å². The molecule has 0 N–H and O–H groups in total. The zero-order chi connectivity index (χ0) is 13.4. The Morgan fingerprint density at radius 1 is 1.33 bits per heavy atom.